The van der Waals surface area contributed by atoms with Crippen molar-refractivity contribution in [3.8, 4) is 5.69 Å². The Kier molecular flexibility index (Phi) is 7.13. The quantitative estimate of drug-likeness (QED) is 0.559. The number of ether oxygens (including phenoxy) is 1. The van der Waals surface area contributed by atoms with E-state index in [-0.39, 0.29) is 37.4 Å². The van der Waals surface area contributed by atoms with Gasteiger partial charge >= 0.3 is 12.1 Å². The number of nitrogens with zero attached hydrogens (tertiary/aromatic N) is 2. The molecule has 2 aromatic rings. The maximum atomic E-state index is 13.3. The highest BCUT2D eigenvalue weighted by molar-refractivity contribution is 5.92. The summed E-state index contributed by atoms with van der Waals surface area (Å²) in [6.45, 7) is 3.41. The molecule has 7 nitrogen and oxygen atoms in total. The van der Waals surface area contributed by atoms with Gasteiger partial charge in [0.25, 0.3) is 5.91 Å². The van der Waals surface area contributed by atoms with E-state index in [0.717, 1.165) is 16.8 Å². The lowest BCUT2D eigenvalue weighted by Gasteiger charge is -2.16. The lowest BCUT2D eigenvalue weighted by Crippen LogP contribution is -2.33. The number of esters is 1. The van der Waals surface area contributed by atoms with Crippen LogP contribution in [0.15, 0.2) is 35.1 Å². The molecular formula is C19H20F3N3O4. The van der Waals surface area contributed by atoms with Gasteiger partial charge in [-0.3, -0.25) is 14.4 Å². The third-order valence-electron chi connectivity index (χ3n) is 3.91. The first-order chi connectivity index (χ1) is 13.6. The highest BCUT2D eigenvalue weighted by atomic mass is 19.4. The Morgan fingerprint density at radius 3 is 2.59 bits per heavy atom. The number of benzene rings is 1. The number of amides is 1. The fraction of sp³-hybridized carbons (Fsp3) is 0.368. The van der Waals surface area contributed by atoms with Crippen LogP contribution in [0.2, 0.25) is 0 Å². The largest absolute Gasteiger partial charge is 0.466 e. The predicted molar refractivity (Wildman–Crippen MR) is 97.8 cm³/mol. The van der Waals surface area contributed by atoms with Gasteiger partial charge in [-0.1, -0.05) is 12.1 Å². The third kappa shape index (κ3) is 5.66. The first-order valence-electron chi connectivity index (χ1n) is 8.86. The lowest BCUT2D eigenvalue weighted by atomic mass is 10.1. The molecule has 0 bridgehead atoms. The Hall–Kier alpha value is -3.17. The predicted octanol–water partition coefficient (Wildman–Crippen LogP) is 2.63. The molecule has 29 heavy (non-hydrogen) atoms. The van der Waals surface area contributed by atoms with Crippen molar-refractivity contribution in [3.05, 3.63) is 57.5 Å². The van der Waals surface area contributed by atoms with Crippen LogP contribution in [0.4, 0.5) is 13.2 Å². The van der Waals surface area contributed by atoms with E-state index < -0.39 is 34.7 Å². The van der Waals surface area contributed by atoms with E-state index in [4.69, 9.17) is 4.74 Å². The maximum absolute atomic E-state index is 13.3. The van der Waals surface area contributed by atoms with Crippen molar-refractivity contribution in [2.45, 2.75) is 32.9 Å². The van der Waals surface area contributed by atoms with Gasteiger partial charge in [-0.25, -0.2) is 4.68 Å². The maximum Gasteiger partial charge on any atom is 0.418 e. The zero-order valence-corrected chi connectivity index (χ0v) is 15.9. The van der Waals surface area contributed by atoms with E-state index in [1.165, 1.54) is 25.1 Å². The smallest absolute Gasteiger partial charge is 0.418 e. The molecule has 0 radical (unpaired) electrons. The van der Waals surface area contributed by atoms with Crippen molar-refractivity contribution in [3.63, 3.8) is 0 Å². The number of aromatic nitrogens is 2. The molecule has 10 heteroatoms. The molecule has 0 saturated heterocycles. The van der Waals surface area contributed by atoms with Crippen LogP contribution in [-0.4, -0.2) is 34.8 Å². The highest BCUT2D eigenvalue weighted by Gasteiger charge is 2.34. The van der Waals surface area contributed by atoms with Gasteiger partial charge in [0.2, 0.25) is 5.43 Å². The number of carbonyl (C=O) groups is 2. The van der Waals surface area contributed by atoms with Crippen molar-refractivity contribution in [1.29, 1.82) is 0 Å². The number of hydrogen-bond acceptors (Lipinski definition) is 5. The topological polar surface area (TPSA) is 90.3 Å². The first-order valence-corrected chi connectivity index (χ1v) is 8.86. The summed E-state index contributed by atoms with van der Waals surface area (Å²) in [6.07, 6.45) is -4.27. The Morgan fingerprint density at radius 1 is 1.24 bits per heavy atom. The second-order valence-electron chi connectivity index (χ2n) is 6.09. The highest BCUT2D eigenvalue weighted by Crippen LogP contribution is 2.33. The molecule has 0 aliphatic rings. The molecule has 2 rings (SSSR count). The Labute approximate surface area is 164 Å². The molecule has 0 aliphatic heterocycles. The van der Waals surface area contributed by atoms with E-state index in [0.29, 0.717) is 0 Å². The Balaban J connectivity index is 2.26. The molecule has 1 aromatic heterocycles. The molecule has 1 aromatic carbocycles. The van der Waals surface area contributed by atoms with Crippen LogP contribution in [0, 0.1) is 6.92 Å². The summed E-state index contributed by atoms with van der Waals surface area (Å²) < 4.78 is 45.6. The number of nitrogens with one attached hydrogen (secondary N) is 1. The summed E-state index contributed by atoms with van der Waals surface area (Å²) in [5.41, 5.74) is -2.35. The lowest BCUT2D eigenvalue weighted by molar-refractivity contribution is -0.143. The monoisotopic (exact) mass is 411 g/mol. The number of halogens is 3. The minimum Gasteiger partial charge on any atom is -0.466 e. The standard InChI is InChI=1S/C19H20F3N3O4/c1-3-29-16(27)9-6-10-23-18(28)17-15(26)11-12(2)25(24-17)14-8-5-4-7-13(14)19(20,21)22/h4-5,7-8,11H,3,6,9-10H2,1-2H3,(H,23,28). The van der Waals surface area contributed by atoms with Gasteiger partial charge in [0, 0.05) is 24.7 Å². The average molecular weight is 411 g/mol. The number of rotatable bonds is 7. The second-order valence-corrected chi connectivity index (χ2v) is 6.09. The van der Waals surface area contributed by atoms with Crippen LogP contribution in [0.25, 0.3) is 5.69 Å². The van der Waals surface area contributed by atoms with Gasteiger partial charge in [-0.05, 0) is 32.4 Å². The Morgan fingerprint density at radius 2 is 1.93 bits per heavy atom. The van der Waals surface area contributed by atoms with Crippen LogP contribution >= 0.6 is 0 Å². The number of hydrogen-bond donors (Lipinski definition) is 1. The summed E-state index contributed by atoms with van der Waals surface area (Å²) in [5, 5.41) is 6.30. The van der Waals surface area contributed by atoms with Gasteiger partial charge in [0.05, 0.1) is 17.9 Å². The number of alkyl halides is 3. The zero-order chi connectivity index (χ0) is 21.6. The van der Waals surface area contributed by atoms with Gasteiger partial charge in [-0.15, -0.1) is 0 Å². The van der Waals surface area contributed by atoms with E-state index in [1.807, 2.05) is 0 Å². The number of carbonyl (C=O) groups excluding carboxylic acids is 2. The van der Waals surface area contributed by atoms with Crippen LogP contribution in [0.5, 0.6) is 0 Å². The van der Waals surface area contributed by atoms with Crippen LogP contribution < -0.4 is 10.7 Å². The van der Waals surface area contributed by atoms with Gasteiger partial charge < -0.3 is 10.1 Å². The van der Waals surface area contributed by atoms with Gasteiger partial charge in [0.15, 0.2) is 5.69 Å². The van der Waals surface area contributed by atoms with E-state index in [1.54, 1.807) is 6.92 Å². The van der Waals surface area contributed by atoms with Crippen molar-refractivity contribution >= 4 is 11.9 Å². The van der Waals surface area contributed by atoms with Crippen molar-refractivity contribution in [2.75, 3.05) is 13.2 Å². The summed E-state index contributed by atoms with van der Waals surface area (Å²) in [6, 6.07) is 5.78. The SMILES string of the molecule is CCOC(=O)CCCNC(=O)c1nn(-c2ccccc2C(F)(F)F)c(C)cc1=O. The van der Waals surface area contributed by atoms with Crippen molar-refractivity contribution < 1.29 is 27.5 Å². The fourth-order valence-electron chi connectivity index (χ4n) is 2.60. The summed E-state index contributed by atoms with van der Waals surface area (Å²) >= 11 is 0. The van der Waals surface area contributed by atoms with Crippen molar-refractivity contribution in [1.82, 2.24) is 15.1 Å². The number of para-hydroxylation sites is 1. The molecule has 0 atom stereocenters. The molecule has 1 heterocycles. The van der Waals surface area contributed by atoms with Crippen LogP contribution in [0.3, 0.4) is 0 Å². The van der Waals surface area contributed by atoms with Crippen LogP contribution in [0.1, 0.15) is 41.5 Å². The van der Waals surface area contributed by atoms with E-state index in [9.17, 15) is 27.6 Å². The van der Waals surface area contributed by atoms with Crippen LogP contribution in [-0.2, 0) is 15.7 Å². The third-order valence-corrected chi connectivity index (χ3v) is 3.91. The molecule has 1 amide bonds. The van der Waals surface area contributed by atoms with Gasteiger partial charge in [-0.2, -0.15) is 18.3 Å². The first kappa shape index (κ1) is 22.1. The average Bonchev–Trinajstić information content (AvgIpc) is 2.65. The summed E-state index contributed by atoms with van der Waals surface area (Å²) in [5.74, 6) is -1.25. The molecule has 0 fully saturated rings. The van der Waals surface area contributed by atoms with Gasteiger partial charge in [0.1, 0.15) is 0 Å². The minimum absolute atomic E-state index is 0.0752. The normalized spacial score (nSPS) is 11.2. The zero-order valence-electron chi connectivity index (χ0n) is 15.9. The number of aryl methyl sites for hydroxylation is 1. The molecule has 0 unspecified atom stereocenters. The Bertz CT molecular complexity index is 954. The minimum atomic E-state index is -4.64. The molecule has 1 N–H and O–H groups in total. The summed E-state index contributed by atoms with van der Waals surface area (Å²) in [4.78, 5) is 35.7. The molecule has 0 spiro atoms. The molecule has 0 saturated carbocycles. The molecular weight excluding hydrogens is 391 g/mol. The van der Waals surface area contributed by atoms with E-state index >= 15 is 0 Å². The van der Waals surface area contributed by atoms with Crippen molar-refractivity contribution in [2.24, 2.45) is 0 Å². The molecule has 156 valence electrons. The summed E-state index contributed by atoms with van der Waals surface area (Å²) in [7, 11) is 0. The fourth-order valence-corrected chi connectivity index (χ4v) is 2.60. The van der Waals surface area contributed by atoms with E-state index in [2.05, 4.69) is 10.4 Å². The second kappa shape index (κ2) is 9.35. The molecule has 0 aliphatic carbocycles.